The predicted octanol–water partition coefficient (Wildman–Crippen LogP) is 8.11. The number of pyridine rings is 2. The van der Waals surface area contributed by atoms with Crippen LogP contribution in [-0.4, -0.2) is 90.8 Å². The van der Waals surface area contributed by atoms with Crippen LogP contribution in [0.2, 0.25) is 10.0 Å². The van der Waals surface area contributed by atoms with Crippen molar-refractivity contribution in [3.8, 4) is 22.8 Å². The van der Waals surface area contributed by atoms with E-state index >= 15 is 0 Å². The van der Waals surface area contributed by atoms with Gasteiger partial charge in [0.2, 0.25) is 10.0 Å². The zero-order chi connectivity index (χ0) is 43.8. The number of aromatic nitrogens is 8. The van der Waals surface area contributed by atoms with Crippen molar-refractivity contribution in [2.45, 2.75) is 102 Å². The summed E-state index contributed by atoms with van der Waals surface area (Å²) in [5.74, 6) is -0.00993. The molecule has 2 saturated carbocycles. The van der Waals surface area contributed by atoms with Gasteiger partial charge in [-0.15, -0.1) is 0 Å². The Labute approximate surface area is 367 Å². The number of halogens is 4. The number of nitrogens with one attached hydrogen (secondary N) is 7. The summed E-state index contributed by atoms with van der Waals surface area (Å²) in [6.07, 6.45) is 16.7. The molecule has 0 spiro atoms. The Morgan fingerprint density at radius 2 is 1.23 bits per heavy atom. The minimum atomic E-state index is -3.29. The topological polar surface area (TPSA) is 220 Å². The van der Waals surface area contributed by atoms with Crippen LogP contribution in [0.5, 0.6) is 0 Å². The molecule has 6 heterocycles. The Morgan fingerprint density at radius 1 is 0.726 bits per heavy atom. The maximum absolute atomic E-state index is 14.5. The van der Waals surface area contributed by atoms with E-state index in [0.717, 1.165) is 68.1 Å². The first-order valence-corrected chi connectivity index (χ1v) is 23.2. The van der Waals surface area contributed by atoms with E-state index < -0.39 is 21.7 Å². The van der Waals surface area contributed by atoms with E-state index in [1.807, 2.05) is 13.8 Å². The summed E-state index contributed by atoms with van der Waals surface area (Å²) in [6.45, 7) is 4.48. The highest BCUT2D eigenvalue weighted by Crippen LogP contribution is 2.31. The number of carbonyl (C=O) groups excluding carboxylic acids is 1. The molecule has 2 aliphatic rings. The first-order chi connectivity index (χ1) is 29.9. The third-order valence-electron chi connectivity index (χ3n) is 10.7. The second-order valence-electron chi connectivity index (χ2n) is 15.5. The summed E-state index contributed by atoms with van der Waals surface area (Å²) in [4.78, 5) is 43.6. The monoisotopic (exact) mass is 911 g/mol. The number of nitrogens with zero attached hydrogens (tertiary/aromatic N) is 6. The molecule has 0 saturated heterocycles. The van der Waals surface area contributed by atoms with Crippen LogP contribution in [0.25, 0.3) is 44.8 Å². The molecule has 2 amide bonds. The van der Waals surface area contributed by atoms with E-state index in [4.69, 9.17) is 23.2 Å². The first kappa shape index (κ1) is 44.8. The Morgan fingerprint density at radius 3 is 1.74 bits per heavy atom. The zero-order valence-corrected chi connectivity index (χ0v) is 36.6. The van der Waals surface area contributed by atoms with Crippen LogP contribution in [0, 0.1) is 11.6 Å². The van der Waals surface area contributed by atoms with Crippen LogP contribution in [0.3, 0.4) is 0 Å². The third-order valence-corrected chi connectivity index (χ3v) is 12.7. The summed E-state index contributed by atoms with van der Waals surface area (Å²) in [7, 11) is -3.29. The van der Waals surface area contributed by atoms with Crippen molar-refractivity contribution in [2.24, 2.45) is 0 Å². The number of fused-ring (bicyclic) bond motifs is 2. The van der Waals surface area contributed by atoms with E-state index in [0.29, 0.717) is 69.9 Å². The fraction of sp³-hybridized carbons (Fsp3) is 0.439. The van der Waals surface area contributed by atoms with Gasteiger partial charge in [-0.05, 0) is 76.3 Å². The summed E-state index contributed by atoms with van der Waals surface area (Å²) in [5.41, 5.74) is 2.66. The molecular formula is C41H49Cl2F2N13O3S. The van der Waals surface area contributed by atoms with Gasteiger partial charge >= 0.3 is 6.03 Å². The van der Waals surface area contributed by atoms with E-state index in [1.165, 1.54) is 6.20 Å². The molecule has 0 aromatic carbocycles. The summed E-state index contributed by atoms with van der Waals surface area (Å²) >= 11 is 12.1. The Hall–Kier alpha value is -5.24. The smallest absolute Gasteiger partial charge is 0.315 e. The summed E-state index contributed by atoms with van der Waals surface area (Å²) < 4.78 is 55.9. The quantitative estimate of drug-likeness (QED) is 0.0587. The second kappa shape index (κ2) is 20.3. The number of carbonyl (C=O) groups is 1. The molecule has 0 aliphatic heterocycles. The number of anilines is 2. The van der Waals surface area contributed by atoms with Gasteiger partial charge in [-0.2, -0.15) is 0 Å². The lowest BCUT2D eigenvalue weighted by molar-refractivity contribution is 0.231. The van der Waals surface area contributed by atoms with Crippen LogP contribution in [0.1, 0.15) is 78.1 Å². The van der Waals surface area contributed by atoms with Crippen molar-refractivity contribution in [1.82, 2.24) is 55.2 Å². The minimum absolute atomic E-state index is 0.00144. The van der Waals surface area contributed by atoms with Crippen LogP contribution in [0.15, 0.2) is 49.3 Å². The molecule has 6 aromatic rings. The van der Waals surface area contributed by atoms with Gasteiger partial charge in [-0.1, -0.05) is 37.0 Å². The number of aromatic amines is 2. The fourth-order valence-corrected chi connectivity index (χ4v) is 9.54. The Kier molecular flexibility index (Phi) is 14.7. The van der Waals surface area contributed by atoms with Crippen LogP contribution < -0.4 is 26.0 Å². The third kappa shape index (κ3) is 11.4. The van der Waals surface area contributed by atoms with Gasteiger partial charge in [0.25, 0.3) is 0 Å². The summed E-state index contributed by atoms with van der Waals surface area (Å²) in [6, 6.07) is 3.14. The van der Waals surface area contributed by atoms with Gasteiger partial charge in [-0.3, -0.25) is 0 Å². The molecule has 7 N–H and O–H groups in total. The van der Waals surface area contributed by atoms with Gasteiger partial charge < -0.3 is 31.2 Å². The number of amides is 2. The molecule has 0 bridgehead atoms. The number of hydrogen-bond donors (Lipinski definition) is 7. The molecule has 4 atom stereocenters. The maximum Gasteiger partial charge on any atom is 0.315 e. The molecule has 21 heteroatoms. The number of urea groups is 1. The minimum Gasteiger partial charge on any atom is -0.365 e. The van der Waals surface area contributed by atoms with E-state index in [1.54, 1.807) is 30.7 Å². The number of sulfonamides is 1. The normalized spacial score (nSPS) is 19.1. The van der Waals surface area contributed by atoms with Gasteiger partial charge in [0.1, 0.15) is 11.3 Å². The van der Waals surface area contributed by atoms with Crippen LogP contribution >= 0.6 is 23.2 Å². The van der Waals surface area contributed by atoms with Crippen LogP contribution in [0.4, 0.5) is 25.2 Å². The average Bonchev–Trinajstić information content (AvgIpc) is 3.86. The number of H-pyrrole nitrogens is 2. The molecule has 330 valence electrons. The molecule has 62 heavy (non-hydrogen) atoms. The molecule has 4 unspecified atom stereocenters. The van der Waals surface area contributed by atoms with Crippen molar-refractivity contribution < 1.29 is 22.0 Å². The predicted molar refractivity (Wildman–Crippen MR) is 238 cm³/mol. The molecular weight excluding hydrogens is 864 g/mol. The van der Waals surface area contributed by atoms with Crippen LogP contribution in [-0.2, 0) is 10.0 Å². The van der Waals surface area contributed by atoms with Gasteiger partial charge in [0, 0.05) is 77.4 Å². The highest BCUT2D eigenvalue weighted by atomic mass is 35.5. The standard InChI is InChI=1S/C21H25ClFN7O.C20H24ClFN6O2S/c1-2-6-24-21(31)29-14-5-3-4-13(8-14)28-20-17(23)11-27-19(30-20)16-10-26-18-15(16)7-12(22)9-25-18;1-2-6-31(29,30)28-14-5-3-4-13(8-14)26-20-17(22)11-25-19(27-20)16-10-24-18-15(16)7-12(21)9-23-18/h7,9-11,13-14H,2-6,8H2,1H3,(H,25,26)(H2,24,29,31)(H,27,28,30);7,9-11,13-14,28H,2-6,8H2,1H3,(H,23,24)(H,25,26,27). The van der Waals surface area contributed by atoms with Crippen molar-refractivity contribution in [3.63, 3.8) is 0 Å². The van der Waals surface area contributed by atoms with E-state index in [-0.39, 0.29) is 47.6 Å². The molecule has 16 nitrogen and oxygen atoms in total. The first-order valence-electron chi connectivity index (χ1n) is 20.8. The molecule has 6 aromatic heterocycles. The molecule has 8 rings (SSSR count). The lowest BCUT2D eigenvalue weighted by atomic mass is 9.91. The SMILES string of the molecule is CCCNC(=O)NC1CCCC(Nc2nc(-c3c[nH]c4ncc(Cl)cc34)ncc2F)C1.CCCS(=O)(=O)NC1CCCC(Nc2nc(-c3c[nH]c4ncc(Cl)cc34)ncc2F)C1. The zero-order valence-electron chi connectivity index (χ0n) is 34.2. The van der Waals surface area contributed by atoms with Crippen molar-refractivity contribution in [2.75, 3.05) is 22.9 Å². The fourth-order valence-electron chi connectivity index (χ4n) is 7.85. The molecule has 2 fully saturated rings. The molecule has 2 aliphatic carbocycles. The maximum atomic E-state index is 14.5. The number of rotatable bonds is 13. The largest absolute Gasteiger partial charge is 0.365 e. The lowest BCUT2D eigenvalue weighted by Gasteiger charge is -2.30. The Balaban J connectivity index is 0.000000186. The van der Waals surface area contributed by atoms with Crippen molar-refractivity contribution in [1.29, 1.82) is 0 Å². The van der Waals surface area contributed by atoms with Gasteiger partial charge in [0.15, 0.2) is 34.9 Å². The van der Waals surface area contributed by atoms with Crippen molar-refractivity contribution >= 4 is 73.0 Å². The second-order valence-corrected chi connectivity index (χ2v) is 18.3. The highest BCUT2D eigenvalue weighted by Gasteiger charge is 2.27. The van der Waals surface area contributed by atoms with Gasteiger partial charge in [-0.25, -0.2) is 56.6 Å². The average molecular weight is 913 g/mol. The van der Waals surface area contributed by atoms with Crippen molar-refractivity contribution in [3.05, 3.63) is 71.0 Å². The summed E-state index contributed by atoms with van der Waals surface area (Å²) in [5, 5.41) is 14.7. The Bertz CT molecular complexity index is 2610. The van der Waals surface area contributed by atoms with Gasteiger partial charge in [0.05, 0.1) is 28.2 Å². The highest BCUT2D eigenvalue weighted by molar-refractivity contribution is 7.89. The number of hydrogen-bond acceptors (Lipinski definition) is 11. The lowest BCUT2D eigenvalue weighted by Crippen LogP contribution is -2.46. The van der Waals surface area contributed by atoms with E-state index in [2.05, 4.69) is 65.9 Å². The molecule has 0 radical (unpaired) electrons. The van der Waals surface area contributed by atoms with E-state index in [9.17, 15) is 22.0 Å².